The fourth-order valence-corrected chi connectivity index (χ4v) is 3.53. The monoisotopic (exact) mass is 416 g/mol. The van der Waals surface area contributed by atoms with Crippen LogP contribution < -0.4 is 20.3 Å². The summed E-state index contributed by atoms with van der Waals surface area (Å²) in [4.78, 5) is 25.2. The van der Waals surface area contributed by atoms with Crippen LogP contribution in [0.2, 0.25) is 5.02 Å². The largest absolute Gasteiger partial charge is 0.494 e. The minimum atomic E-state index is -0.781. The molecule has 1 atom stereocenters. The highest BCUT2D eigenvalue weighted by molar-refractivity contribution is 6.30. The van der Waals surface area contributed by atoms with Crippen LogP contribution in [0.15, 0.2) is 48.5 Å². The molecule has 2 N–H and O–H groups in total. The molecule has 7 heteroatoms. The number of nitrogens with one attached hydrogen (secondary N) is 2. The molecule has 0 heterocycles. The molecule has 0 aliphatic heterocycles. The maximum absolute atomic E-state index is 12.8. The number of ether oxygens (including phenoxy) is 2. The lowest BCUT2D eigenvalue weighted by molar-refractivity contribution is -0.137. The molecule has 2 aromatic carbocycles. The van der Waals surface area contributed by atoms with E-state index >= 15 is 0 Å². The van der Waals surface area contributed by atoms with Crippen molar-refractivity contribution in [3.05, 3.63) is 59.1 Å². The molecule has 29 heavy (non-hydrogen) atoms. The number of rotatable bonds is 7. The first-order valence-corrected chi connectivity index (χ1v) is 10.1. The van der Waals surface area contributed by atoms with Gasteiger partial charge in [0.1, 0.15) is 11.5 Å². The Labute approximate surface area is 175 Å². The molecule has 1 aliphatic rings. The summed E-state index contributed by atoms with van der Waals surface area (Å²) in [5.74, 6) is 0.591. The Hall–Kier alpha value is -2.73. The third kappa shape index (κ3) is 4.82. The zero-order valence-electron chi connectivity index (χ0n) is 16.5. The Kier molecular flexibility index (Phi) is 6.64. The summed E-state index contributed by atoms with van der Waals surface area (Å²) in [7, 11) is 0. The first-order valence-electron chi connectivity index (χ1n) is 9.70. The van der Waals surface area contributed by atoms with Crippen LogP contribution in [0.5, 0.6) is 11.5 Å². The summed E-state index contributed by atoms with van der Waals surface area (Å²) in [6.45, 7) is 4.11. The minimum absolute atomic E-state index is 0.243. The van der Waals surface area contributed by atoms with Gasteiger partial charge in [0, 0.05) is 5.02 Å². The fourth-order valence-electron chi connectivity index (χ4n) is 3.34. The van der Waals surface area contributed by atoms with E-state index in [1.807, 2.05) is 19.1 Å². The highest BCUT2D eigenvalue weighted by Crippen LogP contribution is 2.44. The fraction of sp³-hybridized carbons (Fsp3) is 0.364. The van der Waals surface area contributed by atoms with Gasteiger partial charge in [-0.3, -0.25) is 20.4 Å². The van der Waals surface area contributed by atoms with Crippen molar-refractivity contribution in [3.63, 3.8) is 0 Å². The average Bonchev–Trinajstić information content (AvgIpc) is 2.67. The number of hydrogen-bond acceptors (Lipinski definition) is 4. The van der Waals surface area contributed by atoms with Crippen LogP contribution in [-0.2, 0) is 15.0 Å². The van der Waals surface area contributed by atoms with Crippen molar-refractivity contribution < 1.29 is 19.1 Å². The summed E-state index contributed by atoms with van der Waals surface area (Å²) < 4.78 is 11.0. The van der Waals surface area contributed by atoms with Gasteiger partial charge in [0.25, 0.3) is 5.91 Å². The Morgan fingerprint density at radius 1 is 1.10 bits per heavy atom. The number of halogens is 1. The van der Waals surface area contributed by atoms with Crippen LogP contribution in [0, 0.1) is 0 Å². The molecule has 1 saturated carbocycles. The normalized spacial score (nSPS) is 15.6. The Balaban J connectivity index is 1.55. The van der Waals surface area contributed by atoms with E-state index in [1.165, 1.54) is 0 Å². The highest BCUT2D eigenvalue weighted by atomic mass is 35.5. The molecule has 0 bridgehead atoms. The average molecular weight is 417 g/mol. The molecule has 3 rings (SSSR count). The van der Waals surface area contributed by atoms with E-state index in [9.17, 15) is 9.59 Å². The zero-order chi connectivity index (χ0) is 20.9. The minimum Gasteiger partial charge on any atom is -0.494 e. The highest BCUT2D eigenvalue weighted by Gasteiger charge is 2.46. The van der Waals surface area contributed by atoms with Crippen molar-refractivity contribution >= 4 is 23.4 Å². The standard InChI is InChI=1S/C22H25ClN2O4/c1-3-28-18-8-10-19(11-9-18)29-15(2)20(26)24-25-21(27)22(12-5-13-22)16-6-4-7-17(23)14-16/h4,6-11,14-15H,3,5,12-13H2,1-2H3,(H,24,26)(H,25,27). The Morgan fingerprint density at radius 3 is 2.38 bits per heavy atom. The molecule has 2 aromatic rings. The van der Waals surface area contributed by atoms with Gasteiger partial charge in [-0.05, 0) is 68.7 Å². The topological polar surface area (TPSA) is 76.7 Å². The number of carbonyl (C=O) groups excluding carboxylic acids is 2. The lowest BCUT2D eigenvalue weighted by Gasteiger charge is -2.40. The Morgan fingerprint density at radius 2 is 1.79 bits per heavy atom. The van der Waals surface area contributed by atoms with Crippen LogP contribution in [0.4, 0.5) is 0 Å². The van der Waals surface area contributed by atoms with Crippen LogP contribution in [0.1, 0.15) is 38.7 Å². The summed E-state index contributed by atoms with van der Waals surface area (Å²) in [6.07, 6.45) is 1.60. The molecule has 2 amide bonds. The van der Waals surface area contributed by atoms with E-state index in [0.717, 1.165) is 17.7 Å². The molecule has 6 nitrogen and oxygen atoms in total. The van der Waals surface area contributed by atoms with Gasteiger partial charge in [-0.15, -0.1) is 0 Å². The lowest BCUT2D eigenvalue weighted by atomic mass is 9.64. The number of carbonyl (C=O) groups is 2. The van der Waals surface area contributed by atoms with E-state index in [-0.39, 0.29) is 5.91 Å². The predicted octanol–water partition coefficient (Wildman–Crippen LogP) is 3.78. The predicted molar refractivity (Wildman–Crippen MR) is 111 cm³/mol. The van der Waals surface area contributed by atoms with Crippen LogP contribution in [0.25, 0.3) is 0 Å². The van der Waals surface area contributed by atoms with Crippen molar-refractivity contribution in [2.75, 3.05) is 6.61 Å². The third-order valence-corrected chi connectivity index (χ3v) is 5.37. The molecule has 1 unspecified atom stereocenters. The van der Waals surface area contributed by atoms with E-state index in [0.29, 0.717) is 30.2 Å². The van der Waals surface area contributed by atoms with E-state index in [4.69, 9.17) is 21.1 Å². The van der Waals surface area contributed by atoms with Gasteiger partial charge < -0.3 is 9.47 Å². The molecule has 0 spiro atoms. The van der Waals surface area contributed by atoms with E-state index in [1.54, 1.807) is 43.3 Å². The first kappa shape index (κ1) is 21.0. The van der Waals surface area contributed by atoms with Crippen LogP contribution >= 0.6 is 11.6 Å². The quantitative estimate of drug-likeness (QED) is 0.673. The SMILES string of the molecule is CCOc1ccc(OC(C)C(=O)NNC(=O)C2(c3cccc(Cl)c3)CCC2)cc1. The third-order valence-electron chi connectivity index (χ3n) is 5.14. The summed E-state index contributed by atoms with van der Waals surface area (Å²) in [5.41, 5.74) is 5.23. The lowest BCUT2D eigenvalue weighted by Crippen LogP contribution is -2.56. The number of amides is 2. The number of hydrazine groups is 1. The Bertz CT molecular complexity index is 865. The molecule has 0 radical (unpaired) electrons. The van der Waals surface area contributed by atoms with Crippen molar-refractivity contribution in [2.45, 2.75) is 44.6 Å². The molecule has 154 valence electrons. The van der Waals surface area contributed by atoms with Crippen LogP contribution in [-0.4, -0.2) is 24.5 Å². The second-order valence-electron chi connectivity index (χ2n) is 7.05. The second kappa shape index (κ2) is 9.18. The van der Waals surface area contributed by atoms with Gasteiger partial charge in [-0.1, -0.05) is 30.2 Å². The maximum Gasteiger partial charge on any atom is 0.279 e. The van der Waals surface area contributed by atoms with Gasteiger partial charge in [-0.25, -0.2) is 0 Å². The zero-order valence-corrected chi connectivity index (χ0v) is 17.3. The molecule has 1 fully saturated rings. The van der Waals surface area contributed by atoms with Crippen molar-refractivity contribution in [1.82, 2.24) is 10.9 Å². The maximum atomic E-state index is 12.8. The first-order chi connectivity index (χ1) is 13.9. The molecule has 1 aliphatic carbocycles. The molecule has 0 aromatic heterocycles. The second-order valence-corrected chi connectivity index (χ2v) is 7.49. The van der Waals surface area contributed by atoms with Gasteiger partial charge >= 0.3 is 0 Å². The summed E-state index contributed by atoms with van der Waals surface area (Å²) >= 11 is 6.08. The van der Waals surface area contributed by atoms with Crippen molar-refractivity contribution in [3.8, 4) is 11.5 Å². The smallest absolute Gasteiger partial charge is 0.279 e. The van der Waals surface area contributed by atoms with Crippen LogP contribution in [0.3, 0.4) is 0 Å². The molecule has 0 saturated heterocycles. The van der Waals surface area contributed by atoms with Crippen molar-refractivity contribution in [2.24, 2.45) is 0 Å². The van der Waals surface area contributed by atoms with E-state index < -0.39 is 17.4 Å². The van der Waals surface area contributed by atoms with Crippen molar-refractivity contribution in [1.29, 1.82) is 0 Å². The van der Waals surface area contributed by atoms with Gasteiger partial charge in [0.15, 0.2) is 6.10 Å². The van der Waals surface area contributed by atoms with Gasteiger partial charge in [0.05, 0.1) is 12.0 Å². The molecular weight excluding hydrogens is 392 g/mol. The molecular formula is C22H25ClN2O4. The van der Waals surface area contributed by atoms with E-state index in [2.05, 4.69) is 10.9 Å². The summed E-state index contributed by atoms with van der Waals surface area (Å²) in [6, 6.07) is 14.3. The number of benzene rings is 2. The van der Waals surface area contributed by atoms with Gasteiger partial charge in [-0.2, -0.15) is 0 Å². The summed E-state index contributed by atoms with van der Waals surface area (Å²) in [5, 5.41) is 0.586. The number of hydrogen-bond donors (Lipinski definition) is 2. The van der Waals surface area contributed by atoms with Gasteiger partial charge in [0.2, 0.25) is 5.91 Å².